The highest BCUT2D eigenvalue weighted by Gasteiger charge is 2.21. The minimum Gasteiger partial charge on any atom is -0.492 e. The van der Waals surface area contributed by atoms with Gasteiger partial charge < -0.3 is 15.0 Å². The van der Waals surface area contributed by atoms with Crippen molar-refractivity contribution in [2.24, 2.45) is 0 Å². The van der Waals surface area contributed by atoms with Crippen LogP contribution >= 0.6 is 23.1 Å². The van der Waals surface area contributed by atoms with Crippen LogP contribution < -0.4 is 10.1 Å². The normalized spacial score (nSPS) is 11.8. The summed E-state index contributed by atoms with van der Waals surface area (Å²) < 4.78 is 6.37. The molecule has 6 nitrogen and oxygen atoms in total. The van der Waals surface area contributed by atoms with Crippen molar-refractivity contribution < 1.29 is 9.53 Å². The van der Waals surface area contributed by atoms with Crippen LogP contribution in [0.15, 0.2) is 28.6 Å². The first kappa shape index (κ1) is 19.5. The maximum Gasteiger partial charge on any atom is 0.235 e. The van der Waals surface area contributed by atoms with E-state index in [-0.39, 0.29) is 11.2 Å². The molecule has 0 spiro atoms. The third-order valence-corrected chi connectivity index (χ3v) is 5.55. The van der Waals surface area contributed by atoms with Crippen molar-refractivity contribution >= 4 is 39.8 Å². The lowest BCUT2D eigenvalue weighted by atomic mass is 10.3. The van der Waals surface area contributed by atoms with E-state index in [0.29, 0.717) is 11.7 Å². The molecule has 25 heavy (non-hydrogen) atoms. The number of nitrogens with one attached hydrogen (secondary N) is 1. The van der Waals surface area contributed by atoms with Gasteiger partial charge in [0.15, 0.2) is 4.34 Å². The Bertz CT molecular complexity index is 689. The molecule has 8 heteroatoms. The van der Waals surface area contributed by atoms with Gasteiger partial charge in [0.25, 0.3) is 0 Å². The molecule has 0 aliphatic heterocycles. The average molecular weight is 381 g/mol. The van der Waals surface area contributed by atoms with Gasteiger partial charge in [-0.05, 0) is 39.8 Å². The second kappa shape index (κ2) is 9.62. The first-order chi connectivity index (χ1) is 12.1. The zero-order chi connectivity index (χ0) is 18.2. The SMILES string of the molecule is CCOc1ccccc1Nc1nnc(SC(C)C(=O)N(CC)CC)s1. The van der Waals surface area contributed by atoms with Crippen LogP contribution in [0.5, 0.6) is 5.75 Å². The van der Waals surface area contributed by atoms with Crippen LogP contribution in [0.25, 0.3) is 0 Å². The van der Waals surface area contributed by atoms with Gasteiger partial charge in [-0.3, -0.25) is 4.79 Å². The molecule has 2 rings (SSSR count). The number of ether oxygens (including phenoxy) is 1. The summed E-state index contributed by atoms with van der Waals surface area (Å²) in [4.78, 5) is 14.2. The Hall–Kier alpha value is -1.80. The standard InChI is InChI=1S/C17H24N4O2S2/c1-5-21(6-2)15(22)12(4)24-17-20-19-16(25-17)18-13-10-8-9-11-14(13)23-7-3/h8-12H,5-7H2,1-4H3,(H,18,19). The van der Waals surface area contributed by atoms with E-state index in [2.05, 4.69) is 15.5 Å². The summed E-state index contributed by atoms with van der Waals surface area (Å²) in [6, 6.07) is 7.71. The smallest absolute Gasteiger partial charge is 0.235 e. The molecule has 0 saturated heterocycles. The maximum absolute atomic E-state index is 12.4. The predicted molar refractivity (Wildman–Crippen MR) is 104 cm³/mol. The van der Waals surface area contributed by atoms with E-state index in [1.165, 1.54) is 23.1 Å². The zero-order valence-corrected chi connectivity index (χ0v) is 16.6. The summed E-state index contributed by atoms with van der Waals surface area (Å²) in [7, 11) is 0. The van der Waals surface area contributed by atoms with Crippen LogP contribution in [0.2, 0.25) is 0 Å². The second-order valence-electron chi connectivity index (χ2n) is 5.20. The molecule has 1 aromatic heterocycles. The van der Waals surface area contributed by atoms with Crippen LogP contribution in [0, 0.1) is 0 Å². The van der Waals surface area contributed by atoms with Crippen molar-refractivity contribution in [1.29, 1.82) is 0 Å². The highest BCUT2D eigenvalue weighted by molar-refractivity contribution is 8.02. The van der Waals surface area contributed by atoms with Gasteiger partial charge >= 0.3 is 0 Å². The number of benzene rings is 1. The molecule has 1 aromatic carbocycles. The van der Waals surface area contributed by atoms with E-state index in [1.807, 2.05) is 56.9 Å². The van der Waals surface area contributed by atoms with Crippen LogP contribution in [0.4, 0.5) is 10.8 Å². The molecule has 0 fully saturated rings. The number of para-hydroxylation sites is 2. The van der Waals surface area contributed by atoms with E-state index in [4.69, 9.17) is 4.74 Å². The minimum atomic E-state index is -0.184. The average Bonchev–Trinajstić information content (AvgIpc) is 3.04. The molecule has 1 amide bonds. The van der Waals surface area contributed by atoms with Crippen molar-refractivity contribution in [3.63, 3.8) is 0 Å². The Kier molecular flexibility index (Phi) is 7.52. The molecule has 0 bridgehead atoms. The van der Waals surface area contributed by atoms with Gasteiger partial charge in [-0.2, -0.15) is 0 Å². The monoisotopic (exact) mass is 380 g/mol. The van der Waals surface area contributed by atoms with Crippen LogP contribution in [-0.4, -0.2) is 46.0 Å². The molecular weight excluding hydrogens is 356 g/mol. The molecule has 2 aromatic rings. The van der Waals surface area contributed by atoms with Crippen molar-refractivity contribution in [2.45, 2.75) is 37.3 Å². The summed E-state index contributed by atoms with van der Waals surface area (Å²) in [5.41, 5.74) is 0.851. The lowest BCUT2D eigenvalue weighted by Crippen LogP contribution is -2.36. The van der Waals surface area contributed by atoms with Gasteiger partial charge in [0.2, 0.25) is 11.0 Å². The Balaban J connectivity index is 2.02. The third kappa shape index (κ3) is 5.34. The van der Waals surface area contributed by atoms with Gasteiger partial charge in [-0.25, -0.2) is 0 Å². The summed E-state index contributed by atoms with van der Waals surface area (Å²) in [5, 5.41) is 12.1. The number of carbonyl (C=O) groups is 1. The lowest BCUT2D eigenvalue weighted by molar-refractivity contribution is -0.129. The van der Waals surface area contributed by atoms with Crippen molar-refractivity contribution in [2.75, 3.05) is 25.0 Å². The van der Waals surface area contributed by atoms with Gasteiger partial charge in [0.05, 0.1) is 17.5 Å². The van der Waals surface area contributed by atoms with Gasteiger partial charge in [-0.15, -0.1) is 10.2 Å². The Morgan fingerprint density at radius 1 is 1.28 bits per heavy atom. The fourth-order valence-corrected chi connectivity index (χ4v) is 4.26. The van der Waals surface area contributed by atoms with E-state index < -0.39 is 0 Å². The fraction of sp³-hybridized carbons (Fsp3) is 0.471. The summed E-state index contributed by atoms with van der Waals surface area (Å²) >= 11 is 2.87. The maximum atomic E-state index is 12.4. The van der Waals surface area contributed by atoms with Crippen molar-refractivity contribution in [1.82, 2.24) is 15.1 Å². The minimum absolute atomic E-state index is 0.126. The second-order valence-corrected chi connectivity index (χ2v) is 7.76. The molecule has 0 aliphatic carbocycles. The molecule has 0 radical (unpaired) electrons. The number of anilines is 2. The zero-order valence-electron chi connectivity index (χ0n) is 15.0. The number of carbonyl (C=O) groups excluding carboxylic acids is 1. The summed E-state index contributed by atoms with van der Waals surface area (Å²) in [5.74, 6) is 0.904. The van der Waals surface area contributed by atoms with Crippen molar-refractivity contribution in [3.8, 4) is 5.75 Å². The number of hydrogen-bond acceptors (Lipinski definition) is 7. The Labute approximate surface area is 157 Å². The van der Waals surface area contributed by atoms with Crippen LogP contribution in [0.3, 0.4) is 0 Å². The molecule has 1 unspecified atom stereocenters. The molecule has 1 N–H and O–H groups in total. The number of rotatable bonds is 9. The third-order valence-electron chi connectivity index (χ3n) is 3.54. The highest BCUT2D eigenvalue weighted by Crippen LogP contribution is 2.33. The van der Waals surface area contributed by atoms with Gasteiger partial charge in [0.1, 0.15) is 5.75 Å². The number of thioether (sulfide) groups is 1. The van der Waals surface area contributed by atoms with Crippen LogP contribution in [-0.2, 0) is 4.79 Å². The molecular formula is C17H24N4O2S2. The summed E-state index contributed by atoms with van der Waals surface area (Å²) in [6.45, 7) is 9.87. The first-order valence-electron chi connectivity index (χ1n) is 8.36. The largest absolute Gasteiger partial charge is 0.492 e. The quantitative estimate of drug-likeness (QED) is 0.663. The molecule has 1 atom stereocenters. The molecule has 136 valence electrons. The van der Waals surface area contributed by atoms with E-state index in [9.17, 15) is 4.79 Å². The molecule has 0 saturated carbocycles. The lowest BCUT2D eigenvalue weighted by Gasteiger charge is -2.21. The predicted octanol–water partition coefficient (Wildman–Crippen LogP) is 4.03. The number of amides is 1. The Morgan fingerprint density at radius 2 is 2.00 bits per heavy atom. The van der Waals surface area contributed by atoms with Crippen molar-refractivity contribution in [3.05, 3.63) is 24.3 Å². The van der Waals surface area contributed by atoms with Crippen LogP contribution in [0.1, 0.15) is 27.7 Å². The number of hydrogen-bond donors (Lipinski definition) is 1. The highest BCUT2D eigenvalue weighted by atomic mass is 32.2. The summed E-state index contributed by atoms with van der Waals surface area (Å²) in [6.07, 6.45) is 0. The number of aromatic nitrogens is 2. The first-order valence-corrected chi connectivity index (χ1v) is 10.1. The molecule has 0 aliphatic rings. The van der Waals surface area contributed by atoms with Gasteiger partial charge in [0, 0.05) is 13.1 Å². The van der Waals surface area contributed by atoms with E-state index in [1.54, 1.807) is 0 Å². The number of nitrogens with zero attached hydrogens (tertiary/aromatic N) is 3. The van der Waals surface area contributed by atoms with E-state index in [0.717, 1.165) is 28.9 Å². The molecule has 1 heterocycles. The fourth-order valence-electron chi connectivity index (χ4n) is 2.27. The topological polar surface area (TPSA) is 67.3 Å². The van der Waals surface area contributed by atoms with Gasteiger partial charge in [-0.1, -0.05) is 35.2 Å². The van der Waals surface area contributed by atoms with E-state index >= 15 is 0 Å². The Morgan fingerprint density at radius 3 is 2.68 bits per heavy atom.